The number of ether oxygens (including phenoxy) is 11. The number of aliphatic hydroxyl groups excluding tert-OH is 20. The highest BCUT2D eigenvalue weighted by Gasteiger charge is 2.55. The molecule has 0 bridgehead atoms. The van der Waals surface area contributed by atoms with Crippen LogP contribution in [0.3, 0.4) is 0 Å². The first-order chi connectivity index (χ1) is 31.6. The Balaban J connectivity index is 1.12. The Hall–Kier alpha value is -1.24. The summed E-state index contributed by atoms with van der Waals surface area (Å²) in [6, 6.07) is 0. The van der Waals surface area contributed by atoms with Gasteiger partial charge in [-0.2, -0.15) is 0 Å². The normalized spacial score (nSPS) is 52.6. The van der Waals surface area contributed by atoms with Crippen molar-refractivity contribution in [2.45, 2.75) is 184 Å². The lowest BCUT2D eigenvalue weighted by molar-refractivity contribution is -0.371. The lowest BCUT2D eigenvalue weighted by Crippen LogP contribution is -2.65. The highest BCUT2D eigenvalue weighted by molar-refractivity contribution is 4.98. The molecule has 6 rings (SSSR count). The third kappa shape index (κ3) is 11.7. The van der Waals surface area contributed by atoms with E-state index in [0.717, 1.165) is 0 Å². The fourth-order valence-electron chi connectivity index (χ4n) is 8.22. The maximum Gasteiger partial charge on any atom is 0.187 e. The van der Waals surface area contributed by atoms with Crippen LogP contribution in [0.4, 0.5) is 0 Å². The molecule has 31 nitrogen and oxygen atoms in total. The average molecular weight is 991 g/mol. The summed E-state index contributed by atoms with van der Waals surface area (Å²) < 4.78 is 60.3. The second-order valence-corrected chi connectivity index (χ2v) is 16.9. The zero-order valence-corrected chi connectivity index (χ0v) is 35.0. The monoisotopic (exact) mass is 990 g/mol. The average Bonchev–Trinajstić information content (AvgIpc) is 3.59. The van der Waals surface area contributed by atoms with Crippen LogP contribution in [-0.2, 0) is 52.1 Å². The van der Waals surface area contributed by atoms with Gasteiger partial charge in [-0.05, 0) is 0 Å². The Morgan fingerprint density at radius 1 is 0.328 bits per heavy atom. The highest BCUT2D eigenvalue weighted by atomic mass is 16.8. The Kier molecular flexibility index (Phi) is 19.4. The quantitative estimate of drug-likeness (QED) is 0.0643. The molecule has 0 saturated carbocycles. The standard InChI is InChI=1S/C36H62O31/c37-1-8-13(41)18(46)22(50)33(60-8)58-6-12-17(45)29(66-35-24(52)19(47)14(42)9(2-38)61-35)27(55)34(64-12)59-5-11-16(44)21(49)23(51)32(63-11)57-4-7(40)28-30(26(54)31(56)65-28)67-36-25(53)20(48)15(43)10(3-39)62-36/h7-56H,1-6H2/t7-,8-,9-,10-,11-,12-,13-,14-,15-,16-,17-,18+,19+,20+,21+,22-,23-,24-,25-,26-,27-,28-,29+,30-,31+,32-,33-,34-,35+,36+/m1/s1. The van der Waals surface area contributed by atoms with E-state index in [-0.39, 0.29) is 0 Å². The van der Waals surface area contributed by atoms with Crippen molar-refractivity contribution in [3.8, 4) is 0 Å². The minimum Gasteiger partial charge on any atom is -0.394 e. The van der Waals surface area contributed by atoms with Gasteiger partial charge in [-0.3, -0.25) is 0 Å². The van der Waals surface area contributed by atoms with Gasteiger partial charge >= 0.3 is 0 Å². The molecule has 30 atom stereocenters. The molecule has 6 fully saturated rings. The molecule has 0 unspecified atom stereocenters. The van der Waals surface area contributed by atoms with Gasteiger partial charge in [0.1, 0.15) is 146 Å². The molecule has 67 heavy (non-hydrogen) atoms. The largest absolute Gasteiger partial charge is 0.394 e. The van der Waals surface area contributed by atoms with E-state index in [1.54, 1.807) is 0 Å². The van der Waals surface area contributed by atoms with Crippen molar-refractivity contribution < 1.29 is 154 Å². The number of hydrogen-bond donors (Lipinski definition) is 20. The summed E-state index contributed by atoms with van der Waals surface area (Å²) in [6.07, 6.45) is -55.8. The van der Waals surface area contributed by atoms with Gasteiger partial charge in [0.2, 0.25) is 0 Å². The van der Waals surface area contributed by atoms with Crippen LogP contribution in [-0.4, -0.2) is 326 Å². The predicted octanol–water partition coefficient (Wildman–Crippen LogP) is -14.1. The van der Waals surface area contributed by atoms with E-state index in [0.29, 0.717) is 0 Å². The molecule has 0 amide bonds. The van der Waals surface area contributed by atoms with E-state index in [1.807, 2.05) is 0 Å². The van der Waals surface area contributed by atoms with Crippen LogP contribution in [0.25, 0.3) is 0 Å². The second-order valence-electron chi connectivity index (χ2n) is 16.9. The van der Waals surface area contributed by atoms with Gasteiger partial charge in [0, 0.05) is 0 Å². The minimum atomic E-state index is -2.11. The molecule has 0 aromatic rings. The SMILES string of the molecule is OC[C@H]1O[C@@H](OC[C@H]2O[C@@H](OC[C@H]3O[C@@H](OC[C@@H](O)[C@H]4O[C@H](O)[C@H](O)[C@H]4O[C@@H]4O[C@H](CO)[C@@H](O)[C@H](O)[C@H]4O)[C@H](O)[C@@H](O)[C@@H]3O)[C@H](O)[C@@H](O[C@@H]3O[C@H](CO)[C@@H](O)[C@H](O)[C@H]3O)[C@@H]2O)[C@H](O)[C@@H](O)[C@@H]1O. The molecule has 6 aliphatic heterocycles. The van der Waals surface area contributed by atoms with Gasteiger partial charge in [-0.1, -0.05) is 0 Å². The Morgan fingerprint density at radius 2 is 0.672 bits per heavy atom. The lowest BCUT2D eigenvalue weighted by atomic mass is 9.96. The van der Waals surface area contributed by atoms with Crippen molar-refractivity contribution >= 4 is 0 Å². The maximum atomic E-state index is 11.4. The second kappa shape index (κ2) is 23.5. The minimum absolute atomic E-state index is 0.816. The maximum absolute atomic E-state index is 11.4. The topological polar surface area (TPSA) is 506 Å². The summed E-state index contributed by atoms with van der Waals surface area (Å²) in [7, 11) is 0. The van der Waals surface area contributed by atoms with Gasteiger partial charge < -0.3 is 154 Å². The molecule has 6 saturated heterocycles. The summed E-state index contributed by atoms with van der Waals surface area (Å²) in [4.78, 5) is 0. The van der Waals surface area contributed by atoms with E-state index in [1.165, 1.54) is 0 Å². The van der Waals surface area contributed by atoms with Gasteiger partial charge in [0.05, 0.1) is 39.6 Å². The molecule has 31 heteroatoms. The highest BCUT2D eigenvalue weighted by Crippen LogP contribution is 2.34. The van der Waals surface area contributed by atoms with Crippen LogP contribution >= 0.6 is 0 Å². The molecule has 0 aromatic carbocycles. The molecule has 0 spiro atoms. The van der Waals surface area contributed by atoms with Crippen molar-refractivity contribution in [2.75, 3.05) is 39.6 Å². The van der Waals surface area contributed by atoms with Crippen molar-refractivity contribution in [3.63, 3.8) is 0 Å². The van der Waals surface area contributed by atoms with Crippen LogP contribution in [0.2, 0.25) is 0 Å². The third-order valence-electron chi connectivity index (χ3n) is 12.3. The van der Waals surface area contributed by atoms with Gasteiger partial charge in [-0.15, -0.1) is 0 Å². The first-order valence-electron chi connectivity index (χ1n) is 21.1. The molecule has 6 aliphatic rings. The fourth-order valence-corrected chi connectivity index (χ4v) is 8.22. The predicted molar refractivity (Wildman–Crippen MR) is 199 cm³/mol. The fraction of sp³-hybridized carbons (Fsp3) is 1.00. The van der Waals surface area contributed by atoms with E-state index < -0.39 is 224 Å². The summed E-state index contributed by atoms with van der Waals surface area (Å²) in [5, 5.41) is 208. The van der Waals surface area contributed by atoms with Crippen LogP contribution in [0.1, 0.15) is 0 Å². The summed E-state index contributed by atoms with van der Waals surface area (Å²) in [5.41, 5.74) is 0. The van der Waals surface area contributed by atoms with E-state index >= 15 is 0 Å². The van der Waals surface area contributed by atoms with Gasteiger partial charge in [-0.25, -0.2) is 0 Å². The van der Waals surface area contributed by atoms with Crippen LogP contribution in [0.5, 0.6) is 0 Å². The van der Waals surface area contributed by atoms with E-state index in [2.05, 4.69) is 0 Å². The molecule has 0 aliphatic carbocycles. The first-order valence-corrected chi connectivity index (χ1v) is 21.1. The molecule has 20 N–H and O–H groups in total. The zero-order valence-electron chi connectivity index (χ0n) is 35.0. The summed E-state index contributed by atoms with van der Waals surface area (Å²) in [6.45, 7) is -5.16. The van der Waals surface area contributed by atoms with Crippen LogP contribution < -0.4 is 0 Å². The van der Waals surface area contributed by atoms with Crippen molar-refractivity contribution in [1.29, 1.82) is 0 Å². The summed E-state index contributed by atoms with van der Waals surface area (Å²) >= 11 is 0. The van der Waals surface area contributed by atoms with E-state index in [4.69, 9.17) is 52.1 Å². The molecule has 0 radical (unpaired) electrons. The Morgan fingerprint density at radius 3 is 1.12 bits per heavy atom. The number of hydrogen-bond acceptors (Lipinski definition) is 31. The number of rotatable bonds is 17. The molecule has 392 valence electrons. The first kappa shape index (κ1) is 55.1. The molecule has 0 aromatic heterocycles. The number of aliphatic hydroxyl groups is 20. The van der Waals surface area contributed by atoms with Gasteiger partial charge in [0.25, 0.3) is 0 Å². The zero-order chi connectivity index (χ0) is 49.3. The third-order valence-corrected chi connectivity index (χ3v) is 12.3. The van der Waals surface area contributed by atoms with E-state index in [9.17, 15) is 102 Å². The molecular weight excluding hydrogens is 928 g/mol. The van der Waals surface area contributed by atoms with Gasteiger partial charge in [0.15, 0.2) is 37.7 Å². The van der Waals surface area contributed by atoms with Crippen LogP contribution in [0.15, 0.2) is 0 Å². The van der Waals surface area contributed by atoms with Crippen molar-refractivity contribution in [1.82, 2.24) is 0 Å². The lowest BCUT2D eigenvalue weighted by Gasteiger charge is -2.47. The Bertz CT molecular complexity index is 1500. The smallest absolute Gasteiger partial charge is 0.187 e. The van der Waals surface area contributed by atoms with Crippen molar-refractivity contribution in [2.24, 2.45) is 0 Å². The van der Waals surface area contributed by atoms with Crippen molar-refractivity contribution in [3.05, 3.63) is 0 Å². The summed E-state index contributed by atoms with van der Waals surface area (Å²) in [5.74, 6) is 0. The Labute approximate surface area is 378 Å². The molecule has 6 heterocycles. The van der Waals surface area contributed by atoms with Crippen LogP contribution in [0, 0.1) is 0 Å². The molecular formula is C36H62O31.